The zero-order chi connectivity index (χ0) is 29.8. The van der Waals surface area contributed by atoms with E-state index in [2.05, 4.69) is 10.6 Å². The Morgan fingerprint density at radius 2 is 1.59 bits per heavy atom. The van der Waals surface area contributed by atoms with E-state index < -0.39 is 29.7 Å². The Balaban J connectivity index is 1.82. The molecule has 3 rings (SSSR count). The van der Waals surface area contributed by atoms with Crippen LogP contribution < -0.4 is 21.1 Å². The van der Waals surface area contributed by atoms with Crippen LogP contribution in [0.5, 0.6) is 5.75 Å². The molecule has 0 bridgehead atoms. The highest BCUT2D eigenvalue weighted by molar-refractivity contribution is 5.92. The standard InChI is InChI=1S/C32H39FN4O4/c1-4-30(38)36-28(18-23-12-15-26(16-13-23)41-5-2)32(40)37(3)29(19-22-9-7-6-8-10-22)31(39)35-21-24-11-14-25(20-34)27(33)17-24/h6-17,28-29H,4-5,18-21,34H2,1-3H3,(H,35,39)(H,36,38)/t28-,29?/m1/s1. The summed E-state index contributed by atoms with van der Waals surface area (Å²) < 4.78 is 19.7. The zero-order valence-corrected chi connectivity index (χ0v) is 23.9. The summed E-state index contributed by atoms with van der Waals surface area (Å²) in [6.45, 7) is 4.31. The summed E-state index contributed by atoms with van der Waals surface area (Å²) in [4.78, 5) is 41.1. The monoisotopic (exact) mass is 562 g/mol. The summed E-state index contributed by atoms with van der Waals surface area (Å²) in [5.74, 6) is -0.776. The fourth-order valence-corrected chi connectivity index (χ4v) is 4.44. The third-order valence-electron chi connectivity index (χ3n) is 6.82. The number of ether oxygens (including phenoxy) is 1. The van der Waals surface area contributed by atoms with E-state index in [1.165, 1.54) is 11.0 Å². The van der Waals surface area contributed by atoms with Gasteiger partial charge in [0.2, 0.25) is 17.7 Å². The zero-order valence-electron chi connectivity index (χ0n) is 23.9. The van der Waals surface area contributed by atoms with Gasteiger partial charge < -0.3 is 26.0 Å². The van der Waals surface area contributed by atoms with Crippen LogP contribution in [0.3, 0.4) is 0 Å². The predicted molar refractivity (Wildman–Crippen MR) is 156 cm³/mol. The van der Waals surface area contributed by atoms with Gasteiger partial charge in [-0.05, 0) is 41.8 Å². The molecule has 0 radical (unpaired) electrons. The number of hydrogen-bond acceptors (Lipinski definition) is 5. The summed E-state index contributed by atoms with van der Waals surface area (Å²) >= 11 is 0. The lowest BCUT2D eigenvalue weighted by molar-refractivity contribution is -0.141. The molecule has 41 heavy (non-hydrogen) atoms. The van der Waals surface area contributed by atoms with Crippen molar-refractivity contribution in [1.82, 2.24) is 15.5 Å². The number of carbonyl (C=O) groups is 3. The first kappa shape index (κ1) is 31.3. The van der Waals surface area contributed by atoms with Gasteiger partial charge in [0.1, 0.15) is 23.7 Å². The number of hydrogen-bond donors (Lipinski definition) is 3. The number of amides is 3. The number of nitrogens with zero attached hydrogens (tertiary/aromatic N) is 1. The van der Waals surface area contributed by atoms with Gasteiger partial charge >= 0.3 is 0 Å². The van der Waals surface area contributed by atoms with E-state index in [4.69, 9.17) is 10.5 Å². The molecule has 9 heteroatoms. The molecule has 0 aromatic heterocycles. The fourth-order valence-electron chi connectivity index (χ4n) is 4.44. The van der Waals surface area contributed by atoms with Gasteiger partial charge in [-0.2, -0.15) is 0 Å². The quantitative estimate of drug-likeness (QED) is 0.278. The minimum Gasteiger partial charge on any atom is -0.494 e. The van der Waals surface area contributed by atoms with Crippen LogP contribution in [-0.2, 0) is 40.3 Å². The Bertz CT molecular complexity index is 1300. The first-order valence-corrected chi connectivity index (χ1v) is 13.8. The normalized spacial score (nSPS) is 12.2. The van der Waals surface area contributed by atoms with Crippen molar-refractivity contribution in [2.45, 2.75) is 58.3 Å². The van der Waals surface area contributed by atoms with E-state index >= 15 is 0 Å². The van der Waals surface area contributed by atoms with Crippen LogP contribution in [0.4, 0.5) is 4.39 Å². The molecule has 0 aliphatic rings. The molecule has 0 aliphatic carbocycles. The highest BCUT2D eigenvalue weighted by atomic mass is 19.1. The van der Waals surface area contributed by atoms with Gasteiger partial charge in [-0.15, -0.1) is 0 Å². The summed E-state index contributed by atoms with van der Waals surface area (Å²) in [6.07, 6.45) is 0.713. The van der Waals surface area contributed by atoms with Crippen molar-refractivity contribution in [3.63, 3.8) is 0 Å². The van der Waals surface area contributed by atoms with Crippen LogP contribution in [-0.4, -0.2) is 48.4 Å². The predicted octanol–water partition coefficient (Wildman–Crippen LogP) is 3.51. The SMILES string of the molecule is CCOc1ccc(C[C@@H](NC(=O)CC)C(=O)N(C)C(Cc2ccccc2)C(=O)NCc2ccc(CN)c(F)c2)cc1. The molecule has 0 aliphatic heterocycles. The number of benzene rings is 3. The van der Waals surface area contributed by atoms with Gasteiger partial charge in [0, 0.05) is 45.0 Å². The van der Waals surface area contributed by atoms with Crippen LogP contribution in [0.2, 0.25) is 0 Å². The highest BCUT2D eigenvalue weighted by Gasteiger charge is 2.32. The molecule has 0 fully saturated rings. The van der Waals surface area contributed by atoms with Crippen LogP contribution in [0.15, 0.2) is 72.8 Å². The highest BCUT2D eigenvalue weighted by Crippen LogP contribution is 2.16. The molecule has 0 saturated carbocycles. The smallest absolute Gasteiger partial charge is 0.245 e. The molecular weight excluding hydrogens is 523 g/mol. The van der Waals surface area contributed by atoms with Crippen LogP contribution in [0, 0.1) is 5.82 Å². The summed E-state index contributed by atoms with van der Waals surface area (Å²) in [6, 6.07) is 19.6. The summed E-state index contributed by atoms with van der Waals surface area (Å²) in [5, 5.41) is 5.67. The molecule has 3 aromatic carbocycles. The van der Waals surface area contributed by atoms with Gasteiger partial charge in [-0.1, -0.05) is 61.5 Å². The molecular formula is C32H39FN4O4. The Labute approximate surface area is 241 Å². The maximum absolute atomic E-state index is 14.2. The lowest BCUT2D eigenvalue weighted by Gasteiger charge is -2.31. The number of halogens is 1. The topological polar surface area (TPSA) is 114 Å². The summed E-state index contributed by atoms with van der Waals surface area (Å²) in [7, 11) is 1.56. The third kappa shape index (κ3) is 9.14. The van der Waals surface area contributed by atoms with E-state index in [1.807, 2.05) is 61.5 Å². The third-order valence-corrected chi connectivity index (χ3v) is 6.82. The average Bonchev–Trinajstić information content (AvgIpc) is 2.99. The van der Waals surface area contributed by atoms with E-state index in [0.717, 1.165) is 11.1 Å². The second kappa shape index (κ2) is 15.5. The average molecular weight is 563 g/mol. The van der Waals surface area contributed by atoms with E-state index in [1.54, 1.807) is 26.1 Å². The number of carbonyl (C=O) groups excluding carboxylic acids is 3. The molecule has 4 N–H and O–H groups in total. The molecule has 3 aromatic rings. The Kier molecular flexibility index (Phi) is 11.8. The molecule has 2 atom stereocenters. The molecule has 8 nitrogen and oxygen atoms in total. The Hall–Kier alpha value is -4.24. The van der Waals surface area contributed by atoms with Gasteiger partial charge in [-0.3, -0.25) is 14.4 Å². The lowest BCUT2D eigenvalue weighted by atomic mass is 10.0. The van der Waals surface area contributed by atoms with Crippen molar-refractivity contribution in [2.75, 3.05) is 13.7 Å². The lowest BCUT2D eigenvalue weighted by Crippen LogP contribution is -2.55. The first-order valence-electron chi connectivity index (χ1n) is 13.8. The fraction of sp³-hybridized carbons (Fsp3) is 0.344. The van der Waals surface area contributed by atoms with Crippen molar-refractivity contribution in [1.29, 1.82) is 0 Å². The molecule has 218 valence electrons. The van der Waals surface area contributed by atoms with Gasteiger partial charge in [-0.25, -0.2) is 4.39 Å². The maximum Gasteiger partial charge on any atom is 0.245 e. The minimum absolute atomic E-state index is 0.0795. The molecule has 0 heterocycles. The second-order valence-corrected chi connectivity index (χ2v) is 9.76. The van der Waals surface area contributed by atoms with Crippen LogP contribution >= 0.6 is 0 Å². The van der Waals surface area contributed by atoms with Crippen LogP contribution in [0.25, 0.3) is 0 Å². The summed E-state index contributed by atoms with van der Waals surface area (Å²) in [5.41, 5.74) is 8.22. The largest absolute Gasteiger partial charge is 0.494 e. The van der Waals surface area contributed by atoms with Crippen molar-refractivity contribution >= 4 is 17.7 Å². The van der Waals surface area contributed by atoms with Crippen molar-refractivity contribution in [3.05, 3.63) is 101 Å². The molecule has 0 saturated heterocycles. The van der Waals surface area contributed by atoms with Gasteiger partial charge in [0.25, 0.3) is 0 Å². The second-order valence-electron chi connectivity index (χ2n) is 9.76. The van der Waals surface area contributed by atoms with Crippen molar-refractivity contribution < 1.29 is 23.5 Å². The Morgan fingerprint density at radius 1 is 0.927 bits per heavy atom. The Morgan fingerprint density at radius 3 is 2.20 bits per heavy atom. The van der Waals surface area contributed by atoms with Crippen molar-refractivity contribution in [3.8, 4) is 5.75 Å². The van der Waals surface area contributed by atoms with Crippen molar-refractivity contribution in [2.24, 2.45) is 5.73 Å². The molecule has 3 amide bonds. The molecule has 1 unspecified atom stereocenters. The number of rotatable bonds is 14. The number of nitrogens with two attached hydrogens (primary N) is 1. The molecule has 0 spiro atoms. The number of likely N-dealkylation sites (N-methyl/N-ethyl adjacent to an activating group) is 1. The first-order chi connectivity index (χ1) is 19.7. The van der Waals surface area contributed by atoms with E-state index in [0.29, 0.717) is 23.5 Å². The number of nitrogens with one attached hydrogen (secondary N) is 2. The maximum atomic E-state index is 14.2. The van der Waals surface area contributed by atoms with E-state index in [-0.39, 0.29) is 38.3 Å². The van der Waals surface area contributed by atoms with E-state index in [9.17, 15) is 18.8 Å². The van der Waals surface area contributed by atoms with Gasteiger partial charge in [0.15, 0.2) is 0 Å². The minimum atomic E-state index is -0.880. The van der Waals surface area contributed by atoms with Gasteiger partial charge in [0.05, 0.1) is 6.61 Å². The van der Waals surface area contributed by atoms with Crippen LogP contribution in [0.1, 0.15) is 42.5 Å².